The molecule has 4 nitrogen and oxygen atoms in total. The molecule has 0 radical (unpaired) electrons. The Kier molecular flexibility index (Phi) is 3.38. The summed E-state index contributed by atoms with van der Waals surface area (Å²) in [5, 5.41) is 0. The van der Waals surface area contributed by atoms with E-state index in [0.717, 1.165) is 18.4 Å². The van der Waals surface area contributed by atoms with E-state index in [0.29, 0.717) is 0 Å². The van der Waals surface area contributed by atoms with Crippen molar-refractivity contribution < 1.29 is 22.0 Å². The highest BCUT2D eigenvalue weighted by atomic mass is 32.2. The Morgan fingerprint density at radius 2 is 2.00 bits per heavy atom. The van der Waals surface area contributed by atoms with Gasteiger partial charge in [0.1, 0.15) is 16.5 Å². The van der Waals surface area contributed by atoms with Gasteiger partial charge in [-0.1, -0.05) is 0 Å². The monoisotopic (exact) mass is 237 g/mol. The van der Waals surface area contributed by atoms with Gasteiger partial charge >= 0.3 is 0 Å². The maximum absolute atomic E-state index is 13.5. The van der Waals surface area contributed by atoms with Crippen molar-refractivity contribution in [3.05, 3.63) is 29.3 Å². The summed E-state index contributed by atoms with van der Waals surface area (Å²) in [5.74, 6) is 2.61. The van der Waals surface area contributed by atoms with Crippen LogP contribution < -0.4 is 5.90 Å². The lowest BCUT2D eigenvalue weighted by molar-refractivity contribution is 0.118. The molecule has 0 aromatic heterocycles. The van der Waals surface area contributed by atoms with Crippen LogP contribution in [0.3, 0.4) is 0 Å². The van der Waals surface area contributed by atoms with Crippen molar-refractivity contribution in [2.45, 2.75) is 11.5 Å². The van der Waals surface area contributed by atoms with Crippen LogP contribution in [0.25, 0.3) is 0 Å². The second-order valence-electron chi connectivity index (χ2n) is 2.92. The molecule has 0 atom stereocenters. The molecule has 1 rings (SSSR count). The first-order chi connectivity index (χ1) is 6.88. The smallest absolute Gasteiger partial charge is 0.178 e. The van der Waals surface area contributed by atoms with Crippen LogP contribution in [0.2, 0.25) is 0 Å². The molecule has 2 N–H and O–H groups in total. The summed E-state index contributed by atoms with van der Waals surface area (Å²) in [5.41, 5.74) is -0.500. The Labute approximate surface area is 85.5 Å². The average Bonchev–Trinajstić information content (AvgIpc) is 2.09. The lowest BCUT2D eigenvalue weighted by Gasteiger charge is -2.06. The highest BCUT2D eigenvalue weighted by Gasteiger charge is 2.19. The summed E-state index contributed by atoms with van der Waals surface area (Å²) < 4.78 is 48.7. The second kappa shape index (κ2) is 4.21. The summed E-state index contributed by atoms with van der Waals surface area (Å²) in [7, 11) is -3.73. The number of rotatable bonds is 3. The van der Waals surface area contributed by atoms with E-state index in [2.05, 4.69) is 10.7 Å². The zero-order valence-electron chi connectivity index (χ0n) is 7.83. The molecule has 0 saturated carbocycles. The third-order valence-electron chi connectivity index (χ3n) is 1.78. The number of hydrogen-bond donors (Lipinski definition) is 1. The zero-order valence-corrected chi connectivity index (χ0v) is 8.64. The van der Waals surface area contributed by atoms with Gasteiger partial charge in [0.05, 0.1) is 12.2 Å². The lowest BCUT2D eigenvalue weighted by atomic mass is 10.2. The van der Waals surface area contributed by atoms with Crippen molar-refractivity contribution in [1.82, 2.24) is 0 Å². The fourth-order valence-corrected chi connectivity index (χ4v) is 1.84. The number of benzene rings is 1. The van der Waals surface area contributed by atoms with Crippen molar-refractivity contribution in [2.24, 2.45) is 5.90 Å². The van der Waals surface area contributed by atoms with Crippen LogP contribution >= 0.6 is 0 Å². The Morgan fingerprint density at radius 1 is 1.40 bits per heavy atom. The van der Waals surface area contributed by atoms with Crippen LogP contribution in [0.1, 0.15) is 5.56 Å². The fourth-order valence-electron chi connectivity index (χ4n) is 1.08. The van der Waals surface area contributed by atoms with Crippen LogP contribution in [-0.2, 0) is 21.3 Å². The van der Waals surface area contributed by atoms with Crippen LogP contribution in [0, 0.1) is 11.6 Å². The van der Waals surface area contributed by atoms with Gasteiger partial charge in [0, 0.05) is 6.26 Å². The maximum atomic E-state index is 13.5. The van der Waals surface area contributed by atoms with Gasteiger partial charge < -0.3 is 0 Å². The topological polar surface area (TPSA) is 69.4 Å². The van der Waals surface area contributed by atoms with Gasteiger partial charge in [-0.05, 0) is 12.1 Å². The van der Waals surface area contributed by atoms with E-state index in [-0.39, 0.29) is 0 Å². The third kappa shape index (κ3) is 2.49. The molecule has 0 saturated heterocycles. The maximum Gasteiger partial charge on any atom is 0.178 e. The molecule has 0 unspecified atom stereocenters. The Balaban J connectivity index is 3.42. The summed E-state index contributed by atoms with van der Waals surface area (Å²) in [4.78, 5) is 3.51. The largest absolute Gasteiger partial charge is 0.300 e. The molecule has 7 heteroatoms. The van der Waals surface area contributed by atoms with Crippen molar-refractivity contribution in [1.29, 1.82) is 0 Å². The van der Waals surface area contributed by atoms with Gasteiger partial charge in [-0.2, -0.15) is 0 Å². The normalized spacial score (nSPS) is 11.7. The van der Waals surface area contributed by atoms with E-state index < -0.39 is 38.5 Å². The number of halogens is 2. The van der Waals surface area contributed by atoms with E-state index >= 15 is 0 Å². The Morgan fingerprint density at radius 3 is 2.47 bits per heavy atom. The van der Waals surface area contributed by atoms with Gasteiger partial charge in [-0.15, -0.1) is 0 Å². The molecule has 1 aromatic carbocycles. The minimum atomic E-state index is -3.73. The zero-order chi connectivity index (χ0) is 11.6. The van der Waals surface area contributed by atoms with Crippen molar-refractivity contribution in [3.8, 4) is 0 Å². The SMILES string of the molecule is CS(=O)(=O)c1ccc(F)c(CON)c1F. The minimum absolute atomic E-state index is 0.500. The second-order valence-corrected chi connectivity index (χ2v) is 4.91. The van der Waals surface area contributed by atoms with Crippen LogP contribution in [0.4, 0.5) is 8.78 Å². The summed E-state index contributed by atoms with van der Waals surface area (Å²) in [6.45, 7) is -0.527. The first-order valence-electron chi connectivity index (χ1n) is 3.86. The van der Waals surface area contributed by atoms with E-state index in [1.807, 2.05) is 0 Å². The van der Waals surface area contributed by atoms with Gasteiger partial charge in [0.15, 0.2) is 9.84 Å². The van der Waals surface area contributed by atoms with Crippen LogP contribution in [-0.4, -0.2) is 14.7 Å². The molecule has 0 aliphatic rings. The molecular weight excluding hydrogens is 228 g/mol. The molecular formula is C8H9F2NO3S. The fraction of sp³-hybridized carbons (Fsp3) is 0.250. The number of nitrogens with two attached hydrogens (primary N) is 1. The standard InChI is InChI=1S/C8H9F2NO3S/c1-15(12,13)7-3-2-6(9)5(4-14-11)8(7)10/h2-3H,4,11H2,1H3. The van der Waals surface area contributed by atoms with Crippen LogP contribution in [0.15, 0.2) is 17.0 Å². The first kappa shape index (κ1) is 12.0. The molecule has 0 amide bonds. The predicted octanol–water partition coefficient (Wildman–Crippen LogP) is 0.759. The summed E-state index contributed by atoms with van der Waals surface area (Å²) >= 11 is 0. The molecule has 0 aliphatic carbocycles. The molecule has 0 bridgehead atoms. The van der Waals surface area contributed by atoms with Crippen LogP contribution in [0.5, 0.6) is 0 Å². The van der Waals surface area contributed by atoms with Gasteiger partial charge in [-0.25, -0.2) is 23.1 Å². The van der Waals surface area contributed by atoms with Crippen molar-refractivity contribution in [2.75, 3.05) is 6.26 Å². The van der Waals surface area contributed by atoms with E-state index in [4.69, 9.17) is 0 Å². The summed E-state index contributed by atoms with van der Waals surface area (Å²) in [6.07, 6.45) is 0.830. The minimum Gasteiger partial charge on any atom is -0.300 e. The molecule has 0 spiro atoms. The van der Waals surface area contributed by atoms with Gasteiger partial charge in [-0.3, -0.25) is 4.84 Å². The third-order valence-corrected chi connectivity index (χ3v) is 2.89. The molecule has 15 heavy (non-hydrogen) atoms. The van der Waals surface area contributed by atoms with Crippen molar-refractivity contribution >= 4 is 9.84 Å². The predicted molar refractivity (Wildman–Crippen MR) is 48.4 cm³/mol. The first-order valence-corrected chi connectivity index (χ1v) is 5.75. The quantitative estimate of drug-likeness (QED) is 0.622. The lowest BCUT2D eigenvalue weighted by Crippen LogP contribution is -2.09. The Hall–Kier alpha value is -1.05. The molecule has 0 heterocycles. The highest BCUT2D eigenvalue weighted by molar-refractivity contribution is 7.90. The molecule has 0 aliphatic heterocycles. The van der Waals surface area contributed by atoms with E-state index in [1.54, 1.807) is 0 Å². The average molecular weight is 237 g/mol. The number of sulfone groups is 1. The van der Waals surface area contributed by atoms with E-state index in [9.17, 15) is 17.2 Å². The molecule has 0 fully saturated rings. The number of hydrogen-bond acceptors (Lipinski definition) is 4. The van der Waals surface area contributed by atoms with Crippen molar-refractivity contribution in [3.63, 3.8) is 0 Å². The van der Waals surface area contributed by atoms with E-state index in [1.165, 1.54) is 0 Å². The Bertz CT molecular complexity index is 473. The van der Waals surface area contributed by atoms with Gasteiger partial charge in [0.25, 0.3) is 0 Å². The highest BCUT2D eigenvalue weighted by Crippen LogP contribution is 2.21. The molecule has 84 valence electrons. The van der Waals surface area contributed by atoms with Gasteiger partial charge in [0.2, 0.25) is 0 Å². The molecule has 1 aromatic rings. The summed E-state index contributed by atoms with van der Waals surface area (Å²) in [6, 6.07) is 1.72.